The Morgan fingerprint density at radius 2 is 1.80 bits per heavy atom. The molecule has 12 heteroatoms. The second kappa shape index (κ2) is 16.4. The van der Waals surface area contributed by atoms with Gasteiger partial charge < -0.3 is 21.5 Å². The minimum absolute atomic E-state index is 0.106. The number of nitrogens with one attached hydrogen (secondary N) is 1. The number of benzene rings is 2. The van der Waals surface area contributed by atoms with Crippen LogP contribution in [0.5, 0.6) is 0 Å². The molecule has 1 aliphatic heterocycles. The van der Waals surface area contributed by atoms with Gasteiger partial charge in [0.25, 0.3) is 0 Å². The Morgan fingerprint density at radius 1 is 1.04 bits per heavy atom. The number of carbonyl (C=O) groups is 1. The summed E-state index contributed by atoms with van der Waals surface area (Å²) in [7, 11) is 0. The average molecular weight is 678 g/mol. The molecular formula is C33H33Cl2F3N4O2S. The molecule has 1 fully saturated rings. The molecule has 0 saturated carbocycles. The Hall–Kier alpha value is -3.17. The Bertz CT molecular complexity index is 1600. The van der Waals surface area contributed by atoms with Crippen molar-refractivity contribution >= 4 is 51.7 Å². The predicted octanol–water partition coefficient (Wildman–Crippen LogP) is 7.13. The first-order valence-electron chi connectivity index (χ1n) is 14.4. The molecule has 0 bridgehead atoms. The number of nitrogens with zero attached hydrogens (tertiary/aromatic N) is 1. The van der Waals surface area contributed by atoms with Crippen LogP contribution in [0.4, 0.5) is 18.9 Å². The molecular weight excluding hydrogens is 644 g/mol. The standard InChI is InChI=1S/C33H33Cl2F3N4O2S/c34-24-10-13-28(27(35)16-24)42-32(26(18-41-17-22-19-44-20-22)31(40)29(43)4-2-1-3-15-39)30-14-12-25(45-30)11-7-21-5-8-23(9-6-21)33(36,37)38/h5-6,8-10,12-14,16,22,41H,1-4,15,17-20,39-40H2/b31-26-,42-32?. The topological polar surface area (TPSA) is 103 Å². The molecule has 0 aliphatic carbocycles. The van der Waals surface area contributed by atoms with Crippen molar-refractivity contribution in [2.75, 3.05) is 32.8 Å². The van der Waals surface area contributed by atoms with Crippen molar-refractivity contribution in [1.82, 2.24) is 5.32 Å². The highest BCUT2D eigenvalue weighted by molar-refractivity contribution is 7.14. The van der Waals surface area contributed by atoms with Crippen LogP contribution < -0.4 is 16.8 Å². The van der Waals surface area contributed by atoms with Crippen LogP contribution in [0.1, 0.15) is 46.6 Å². The number of hydrogen-bond donors (Lipinski definition) is 3. The molecule has 4 rings (SSSR count). The number of nitrogens with two attached hydrogens (primary N) is 2. The summed E-state index contributed by atoms with van der Waals surface area (Å²) in [6, 6.07) is 13.2. The summed E-state index contributed by atoms with van der Waals surface area (Å²) in [5.41, 5.74) is 13.4. The van der Waals surface area contributed by atoms with Gasteiger partial charge in [0.05, 0.1) is 50.7 Å². The van der Waals surface area contributed by atoms with Gasteiger partial charge in [-0.1, -0.05) is 41.5 Å². The van der Waals surface area contributed by atoms with Gasteiger partial charge in [0.2, 0.25) is 0 Å². The lowest BCUT2D eigenvalue weighted by molar-refractivity contribution is -0.137. The van der Waals surface area contributed by atoms with E-state index in [0.29, 0.717) is 81.0 Å². The minimum atomic E-state index is -4.42. The third-order valence-corrected chi connectivity index (χ3v) is 8.53. The van der Waals surface area contributed by atoms with Crippen LogP contribution in [-0.4, -0.2) is 44.3 Å². The first kappa shape index (κ1) is 34.7. The monoisotopic (exact) mass is 676 g/mol. The maximum atomic E-state index is 13.3. The van der Waals surface area contributed by atoms with E-state index in [4.69, 9.17) is 44.4 Å². The number of allylic oxidation sites excluding steroid dienone is 1. The zero-order valence-electron chi connectivity index (χ0n) is 24.4. The molecule has 1 aromatic heterocycles. The first-order chi connectivity index (χ1) is 21.5. The SMILES string of the molecule is NCCCCCC(=O)/C(N)=C(\CNCC1COC1)C(=Nc1ccc(Cl)cc1Cl)c1ccc(C#Cc2ccc(C(F)(F)F)cc2)s1. The third kappa shape index (κ3) is 10.2. The molecule has 6 nitrogen and oxygen atoms in total. The Balaban J connectivity index is 1.71. The Morgan fingerprint density at radius 3 is 2.44 bits per heavy atom. The van der Waals surface area contributed by atoms with Gasteiger partial charge in [-0.2, -0.15) is 13.2 Å². The first-order valence-corrected chi connectivity index (χ1v) is 16.0. The van der Waals surface area contributed by atoms with E-state index in [1.807, 2.05) is 6.07 Å². The van der Waals surface area contributed by atoms with Crippen molar-refractivity contribution in [3.8, 4) is 11.8 Å². The number of hydrogen-bond acceptors (Lipinski definition) is 7. The van der Waals surface area contributed by atoms with Gasteiger partial charge in [-0.25, -0.2) is 4.99 Å². The highest BCUT2D eigenvalue weighted by Gasteiger charge is 2.30. The van der Waals surface area contributed by atoms with E-state index in [9.17, 15) is 18.0 Å². The summed E-state index contributed by atoms with van der Waals surface area (Å²) >= 11 is 14.0. The number of alkyl halides is 3. The van der Waals surface area contributed by atoms with E-state index in [1.165, 1.54) is 23.5 Å². The predicted molar refractivity (Wildman–Crippen MR) is 175 cm³/mol. The fourth-order valence-corrected chi connectivity index (χ4v) is 5.72. The van der Waals surface area contributed by atoms with E-state index >= 15 is 0 Å². The van der Waals surface area contributed by atoms with Crippen molar-refractivity contribution < 1.29 is 22.7 Å². The van der Waals surface area contributed by atoms with E-state index in [-0.39, 0.29) is 24.4 Å². The van der Waals surface area contributed by atoms with Crippen LogP contribution in [0, 0.1) is 17.8 Å². The maximum absolute atomic E-state index is 13.3. The number of unbranched alkanes of at least 4 members (excludes halogenated alkanes) is 2. The molecule has 0 radical (unpaired) electrons. The molecule has 45 heavy (non-hydrogen) atoms. The van der Waals surface area contributed by atoms with Gasteiger partial charge in [-0.15, -0.1) is 11.3 Å². The molecule has 1 aliphatic rings. The van der Waals surface area contributed by atoms with Crippen LogP contribution in [0.2, 0.25) is 10.0 Å². The molecule has 5 N–H and O–H groups in total. The molecule has 0 atom stereocenters. The normalized spacial score (nSPS) is 14.4. The number of Topliss-reactive ketones (excluding diaryl/α,β-unsaturated/α-hetero) is 1. The van der Waals surface area contributed by atoms with Crippen LogP contribution in [0.15, 0.2) is 70.9 Å². The lowest BCUT2D eigenvalue weighted by atomic mass is 10.00. The fraction of sp³-hybridized carbons (Fsp3) is 0.333. The number of carbonyl (C=O) groups excluding carboxylic acids is 1. The zero-order chi connectivity index (χ0) is 32.4. The highest BCUT2D eigenvalue weighted by atomic mass is 35.5. The number of halogens is 5. The molecule has 0 unspecified atom stereocenters. The number of rotatable bonds is 13. The second-order valence-electron chi connectivity index (χ2n) is 10.5. The van der Waals surface area contributed by atoms with Gasteiger partial charge >= 0.3 is 6.18 Å². The highest BCUT2D eigenvalue weighted by Crippen LogP contribution is 2.32. The summed E-state index contributed by atoms with van der Waals surface area (Å²) < 4.78 is 44.1. The average Bonchev–Trinajstić information content (AvgIpc) is 3.45. The molecule has 1 saturated heterocycles. The van der Waals surface area contributed by atoms with Crippen molar-refractivity contribution in [2.45, 2.75) is 31.9 Å². The summed E-state index contributed by atoms with van der Waals surface area (Å²) in [5, 5.41) is 4.18. The number of ketones is 1. The van der Waals surface area contributed by atoms with Crippen LogP contribution in [-0.2, 0) is 15.7 Å². The van der Waals surface area contributed by atoms with Crippen LogP contribution in [0.25, 0.3) is 0 Å². The molecule has 2 heterocycles. The van der Waals surface area contributed by atoms with Gasteiger partial charge in [0.15, 0.2) is 5.78 Å². The van der Waals surface area contributed by atoms with Gasteiger partial charge in [0, 0.05) is 41.6 Å². The van der Waals surface area contributed by atoms with Gasteiger partial charge in [-0.05, 0) is 74.0 Å². The lowest BCUT2D eigenvalue weighted by Gasteiger charge is -2.26. The Labute approximate surface area is 274 Å². The van der Waals surface area contributed by atoms with Crippen LogP contribution in [0.3, 0.4) is 0 Å². The molecule has 0 spiro atoms. The summed E-state index contributed by atoms with van der Waals surface area (Å²) in [6.45, 7) is 2.82. The molecule has 3 aromatic rings. The van der Waals surface area contributed by atoms with Crippen LogP contribution >= 0.6 is 34.5 Å². The minimum Gasteiger partial charge on any atom is -0.396 e. The smallest absolute Gasteiger partial charge is 0.396 e. The summed E-state index contributed by atoms with van der Waals surface area (Å²) in [6.07, 6.45) is -1.85. The molecule has 0 amide bonds. The second-order valence-corrected chi connectivity index (χ2v) is 12.4. The summed E-state index contributed by atoms with van der Waals surface area (Å²) in [5.74, 6) is 6.10. The van der Waals surface area contributed by atoms with Crippen molar-refractivity contribution in [3.63, 3.8) is 0 Å². The zero-order valence-corrected chi connectivity index (χ0v) is 26.7. The maximum Gasteiger partial charge on any atom is 0.416 e. The third-order valence-electron chi connectivity index (χ3n) is 6.98. The van der Waals surface area contributed by atoms with E-state index < -0.39 is 11.7 Å². The van der Waals surface area contributed by atoms with Gasteiger partial charge in [0.1, 0.15) is 0 Å². The molecule has 238 valence electrons. The lowest BCUT2D eigenvalue weighted by Crippen LogP contribution is -2.38. The van der Waals surface area contributed by atoms with E-state index in [0.717, 1.165) is 25.0 Å². The molecule has 2 aromatic carbocycles. The number of thiophene rings is 1. The fourth-order valence-electron chi connectivity index (χ4n) is 4.39. The number of aliphatic imine (C=N–C) groups is 1. The van der Waals surface area contributed by atoms with E-state index in [1.54, 1.807) is 24.3 Å². The number of ether oxygens (including phenoxy) is 1. The van der Waals surface area contributed by atoms with Gasteiger partial charge in [-0.3, -0.25) is 4.79 Å². The van der Waals surface area contributed by atoms with Crippen molar-refractivity contribution in [2.24, 2.45) is 22.4 Å². The summed E-state index contributed by atoms with van der Waals surface area (Å²) in [4.78, 5) is 19.5. The van der Waals surface area contributed by atoms with Crippen molar-refractivity contribution in [1.29, 1.82) is 0 Å². The largest absolute Gasteiger partial charge is 0.416 e. The Kier molecular flexibility index (Phi) is 12.7. The van der Waals surface area contributed by atoms with Crippen molar-refractivity contribution in [3.05, 3.63) is 96.8 Å². The quantitative estimate of drug-likeness (QED) is 0.0774. The van der Waals surface area contributed by atoms with E-state index in [2.05, 4.69) is 17.2 Å².